The summed E-state index contributed by atoms with van der Waals surface area (Å²) >= 11 is 0.530. The van der Waals surface area contributed by atoms with E-state index in [1.165, 1.54) is 30.2 Å². The summed E-state index contributed by atoms with van der Waals surface area (Å²) in [6.07, 6.45) is -9.45. The van der Waals surface area contributed by atoms with E-state index >= 15 is 0 Å². The highest BCUT2D eigenvalue weighted by atomic mass is 32.1. The van der Waals surface area contributed by atoms with Gasteiger partial charge in [-0.05, 0) is 61.4 Å². The van der Waals surface area contributed by atoms with Crippen molar-refractivity contribution in [3.8, 4) is 5.75 Å². The maximum atomic E-state index is 13.8. The average molecular weight is 684 g/mol. The number of nitrogens with one attached hydrogen (secondary N) is 2. The molecule has 0 radical (unpaired) electrons. The van der Waals surface area contributed by atoms with Crippen molar-refractivity contribution in [1.82, 2.24) is 4.90 Å². The molecule has 1 fully saturated rings. The van der Waals surface area contributed by atoms with Crippen LogP contribution < -0.4 is 15.4 Å². The summed E-state index contributed by atoms with van der Waals surface area (Å²) in [6, 6.07) is 8.21. The number of methoxy groups -OCH3 is 1. The topological polar surface area (TPSA) is 108 Å². The van der Waals surface area contributed by atoms with Crippen LogP contribution in [-0.4, -0.2) is 54.0 Å². The van der Waals surface area contributed by atoms with Crippen molar-refractivity contribution >= 4 is 50.5 Å². The summed E-state index contributed by atoms with van der Waals surface area (Å²) in [5.74, 6) is -4.08. The van der Waals surface area contributed by atoms with Gasteiger partial charge in [0, 0.05) is 34.4 Å². The van der Waals surface area contributed by atoms with Gasteiger partial charge in [0.15, 0.2) is 0 Å². The third-order valence-electron chi connectivity index (χ3n) is 7.37. The Morgan fingerprint density at radius 2 is 1.68 bits per heavy atom. The van der Waals surface area contributed by atoms with Crippen molar-refractivity contribution in [1.29, 1.82) is 0 Å². The van der Waals surface area contributed by atoms with E-state index in [9.17, 15) is 50.2 Å². The minimum atomic E-state index is -5.08. The molecule has 248 valence electrons. The number of β-amino-alcohol motifs (C(OH)–C–C–N with tert-alkyl or cyclic N) is 1. The Labute approximate surface area is 265 Å². The maximum absolute atomic E-state index is 13.8. The minimum absolute atomic E-state index is 0.00471. The first kappa shape index (κ1) is 33.7. The van der Waals surface area contributed by atoms with E-state index < -0.39 is 58.8 Å². The summed E-state index contributed by atoms with van der Waals surface area (Å²) < 4.78 is 99.2. The molecule has 0 unspecified atom stereocenters. The molecule has 16 heteroatoms. The Balaban J connectivity index is 1.53. The van der Waals surface area contributed by atoms with Crippen molar-refractivity contribution in [2.24, 2.45) is 0 Å². The molecule has 5 rings (SSSR count). The molecule has 2 heterocycles. The van der Waals surface area contributed by atoms with Crippen molar-refractivity contribution in [2.75, 3.05) is 30.8 Å². The zero-order chi connectivity index (χ0) is 34.3. The molecule has 8 nitrogen and oxygen atoms in total. The van der Waals surface area contributed by atoms with Crippen molar-refractivity contribution in [3.63, 3.8) is 0 Å². The number of ether oxygens (including phenoxy) is 1. The number of alkyl halides is 6. The molecule has 1 saturated heterocycles. The van der Waals surface area contributed by atoms with Crippen LogP contribution in [0.2, 0.25) is 0 Å². The van der Waals surface area contributed by atoms with E-state index in [-0.39, 0.29) is 44.1 Å². The Morgan fingerprint density at radius 1 is 0.936 bits per heavy atom. The molecule has 1 aromatic heterocycles. The smallest absolute Gasteiger partial charge is 0.419 e. The SMILES string of the molecule is COc1ccc(C(=O)N2CCC[C@@H](O)C2)cc1C(=O)Nc1c(C(=O)Nc2ccc(F)c(C(F)(F)F)c2)sc2cc(C(F)(F)F)ccc12. The number of aliphatic hydroxyl groups excluding tert-OH is 1. The number of amides is 3. The normalized spacial score (nSPS) is 15.4. The zero-order valence-corrected chi connectivity index (χ0v) is 25.0. The highest BCUT2D eigenvalue weighted by Gasteiger charge is 2.35. The fraction of sp³-hybridized carbons (Fsp3) is 0.258. The van der Waals surface area contributed by atoms with Crippen molar-refractivity contribution in [2.45, 2.75) is 31.3 Å². The minimum Gasteiger partial charge on any atom is -0.496 e. The molecule has 3 N–H and O–H groups in total. The largest absolute Gasteiger partial charge is 0.496 e. The molecular weight excluding hydrogens is 659 g/mol. The van der Waals surface area contributed by atoms with Crippen molar-refractivity contribution < 1.29 is 55.0 Å². The number of hydrogen-bond acceptors (Lipinski definition) is 6. The number of aliphatic hydroxyl groups is 1. The lowest BCUT2D eigenvalue weighted by molar-refractivity contribution is -0.140. The second kappa shape index (κ2) is 12.8. The Morgan fingerprint density at radius 3 is 2.34 bits per heavy atom. The number of likely N-dealkylation sites (tertiary alicyclic amines) is 1. The quantitative estimate of drug-likeness (QED) is 0.187. The summed E-state index contributed by atoms with van der Waals surface area (Å²) in [4.78, 5) is 41.2. The molecule has 4 aromatic rings. The molecule has 0 aliphatic carbocycles. The number of hydrogen-bond donors (Lipinski definition) is 3. The zero-order valence-electron chi connectivity index (χ0n) is 24.2. The number of halogens is 7. The summed E-state index contributed by atoms with van der Waals surface area (Å²) in [5, 5.41) is 14.7. The number of benzene rings is 3. The lowest BCUT2D eigenvalue weighted by Crippen LogP contribution is -2.42. The number of anilines is 2. The number of carbonyl (C=O) groups is 3. The van der Waals surface area contributed by atoms with E-state index in [2.05, 4.69) is 10.6 Å². The van der Waals surface area contributed by atoms with Crippen LogP contribution in [0.25, 0.3) is 10.1 Å². The number of thiophene rings is 1. The van der Waals surface area contributed by atoms with Gasteiger partial charge in [-0.1, -0.05) is 6.07 Å². The van der Waals surface area contributed by atoms with Crippen LogP contribution >= 0.6 is 11.3 Å². The summed E-state index contributed by atoms with van der Waals surface area (Å²) in [6.45, 7) is 0.464. The molecular formula is C31H24F7N3O5S. The lowest BCUT2D eigenvalue weighted by Gasteiger charge is -2.30. The predicted molar refractivity (Wildman–Crippen MR) is 158 cm³/mol. The third-order valence-corrected chi connectivity index (χ3v) is 8.52. The van der Waals surface area contributed by atoms with Gasteiger partial charge in [-0.25, -0.2) is 4.39 Å². The van der Waals surface area contributed by atoms with Crippen LogP contribution in [0.3, 0.4) is 0 Å². The molecule has 3 aromatic carbocycles. The molecule has 0 saturated carbocycles. The fourth-order valence-electron chi connectivity index (χ4n) is 5.09. The first-order valence-corrected chi connectivity index (χ1v) is 14.7. The van der Waals surface area contributed by atoms with Crippen molar-refractivity contribution in [3.05, 3.63) is 87.5 Å². The molecule has 1 atom stereocenters. The van der Waals surface area contributed by atoms with Crippen LogP contribution in [0.5, 0.6) is 5.75 Å². The molecule has 0 bridgehead atoms. The van der Waals surface area contributed by atoms with Gasteiger partial charge in [-0.2, -0.15) is 26.3 Å². The van der Waals surface area contributed by atoms with E-state index in [0.717, 1.165) is 24.3 Å². The lowest BCUT2D eigenvalue weighted by atomic mass is 10.0. The van der Waals surface area contributed by atoms with E-state index in [1.54, 1.807) is 0 Å². The summed E-state index contributed by atoms with van der Waals surface area (Å²) in [5.41, 5.74) is -3.55. The van der Waals surface area contributed by atoms with Crippen LogP contribution in [0.1, 0.15) is 54.4 Å². The van der Waals surface area contributed by atoms with Gasteiger partial charge in [-0.3, -0.25) is 14.4 Å². The molecule has 0 spiro atoms. The predicted octanol–water partition coefficient (Wildman–Crippen LogP) is 7.19. The fourth-order valence-corrected chi connectivity index (χ4v) is 6.18. The number of piperidine rings is 1. The number of carbonyl (C=O) groups excluding carboxylic acids is 3. The standard InChI is InChI=1S/C31H24F7N3O5S/c1-46-23-9-4-15(29(45)41-10-2-3-18(42)14-41)11-20(23)27(43)40-25-19-7-5-16(30(33,34)35)12-24(19)47-26(25)28(44)39-17-6-8-22(32)21(13-17)31(36,37)38/h4-9,11-13,18,42H,2-3,10,14H2,1H3,(H,39,44)(H,40,43)/t18-/m1/s1. The van der Waals surface area contributed by atoms with Crippen LogP contribution in [-0.2, 0) is 12.4 Å². The second-order valence-corrected chi connectivity index (χ2v) is 11.6. The summed E-state index contributed by atoms with van der Waals surface area (Å²) in [7, 11) is 1.25. The Hall–Kier alpha value is -4.70. The first-order valence-electron chi connectivity index (χ1n) is 13.9. The van der Waals surface area contributed by atoms with Gasteiger partial charge in [0.05, 0.1) is 35.6 Å². The van der Waals surface area contributed by atoms with Gasteiger partial charge in [0.1, 0.15) is 16.4 Å². The number of nitrogens with zero attached hydrogens (tertiary/aromatic N) is 1. The molecule has 3 amide bonds. The van der Waals surface area contributed by atoms with Gasteiger partial charge in [0.2, 0.25) is 0 Å². The van der Waals surface area contributed by atoms with Gasteiger partial charge < -0.3 is 25.4 Å². The second-order valence-electron chi connectivity index (χ2n) is 10.6. The van der Waals surface area contributed by atoms with Gasteiger partial charge in [-0.15, -0.1) is 11.3 Å². The van der Waals surface area contributed by atoms with Crippen LogP contribution in [0, 0.1) is 5.82 Å². The monoisotopic (exact) mass is 683 g/mol. The van der Waals surface area contributed by atoms with E-state index in [0.29, 0.717) is 42.9 Å². The maximum Gasteiger partial charge on any atom is 0.419 e. The highest BCUT2D eigenvalue weighted by Crippen LogP contribution is 2.41. The van der Waals surface area contributed by atoms with E-state index in [1.807, 2.05) is 0 Å². The van der Waals surface area contributed by atoms with Gasteiger partial charge in [0.25, 0.3) is 17.7 Å². The van der Waals surface area contributed by atoms with Crippen LogP contribution in [0.15, 0.2) is 54.6 Å². The molecule has 1 aliphatic rings. The van der Waals surface area contributed by atoms with Crippen LogP contribution in [0.4, 0.5) is 42.1 Å². The average Bonchev–Trinajstić information content (AvgIpc) is 3.38. The Kier molecular flexibility index (Phi) is 9.19. The third kappa shape index (κ3) is 7.17. The number of rotatable bonds is 6. The molecule has 1 aliphatic heterocycles. The van der Waals surface area contributed by atoms with E-state index in [4.69, 9.17) is 4.74 Å². The Bertz CT molecular complexity index is 1870. The first-order chi connectivity index (χ1) is 22.1. The molecule has 47 heavy (non-hydrogen) atoms. The van der Waals surface area contributed by atoms with Gasteiger partial charge >= 0.3 is 12.4 Å². The number of fused-ring (bicyclic) bond motifs is 1. The highest BCUT2D eigenvalue weighted by molar-refractivity contribution is 7.21.